The van der Waals surface area contributed by atoms with Crippen molar-refractivity contribution in [3.8, 4) is 0 Å². The van der Waals surface area contributed by atoms with Crippen molar-refractivity contribution in [1.82, 2.24) is 9.88 Å². The molecule has 1 atom stereocenters. The lowest BCUT2D eigenvalue weighted by Gasteiger charge is -2.31. The van der Waals surface area contributed by atoms with E-state index in [9.17, 15) is 9.90 Å². The van der Waals surface area contributed by atoms with Crippen LogP contribution in [-0.4, -0.2) is 53.3 Å². The van der Waals surface area contributed by atoms with Gasteiger partial charge in [-0.3, -0.25) is 9.69 Å². The van der Waals surface area contributed by atoms with Crippen molar-refractivity contribution < 1.29 is 14.6 Å². The number of carboxylic acid groups (broad SMARTS) is 1. The van der Waals surface area contributed by atoms with Gasteiger partial charge in [0.1, 0.15) is 6.04 Å². The Morgan fingerprint density at radius 2 is 2.29 bits per heavy atom. The van der Waals surface area contributed by atoms with E-state index in [1.165, 1.54) is 0 Å². The van der Waals surface area contributed by atoms with Crippen molar-refractivity contribution in [2.45, 2.75) is 18.9 Å². The van der Waals surface area contributed by atoms with Crippen LogP contribution in [0.2, 0.25) is 0 Å². The molecule has 0 radical (unpaired) electrons. The average molecular weight is 238 g/mol. The first-order chi connectivity index (χ1) is 8.27. The van der Waals surface area contributed by atoms with Crippen LogP contribution >= 0.6 is 0 Å². The first-order valence-electron chi connectivity index (χ1n) is 5.93. The highest BCUT2D eigenvalue weighted by Gasteiger charge is 2.26. The number of hydrogen-bond donors (Lipinski definition) is 2. The molecule has 2 N–H and O–H groups in total. The Hall–Kier alpha value is -1.33. The number of nitrogens with zero attached hydrogens (tertiary/aromatic N) is 1. The molecule has 0 aromatic carbocycles. The van der Waals surface area contributed by atoms with E-state index < -0.39 is 12.0 Å². The van der Waals surface area contributed by atoms with Crippen LogP contribution in [0.15, 0.2) is 18.5 Å². The smallest absolute Gasteiger partial charge is 0.320 e. The lowest BCUT2D eigenvalue weighted by atomic mass is 10.1. The summed E-state index contributed by atoms with van der Waals surface area (Å²) >= 11 is 0. The summed E-state index contributed by atoms with van der Waals surface area (Å²) in [5.41, 5.74) is 1.16. The molecule has 2 rings (SSSR count). The highest BCUT2D eigenvalue weighted by molar-refractivity contribution is 5.73. The molecule has 0 bridgehead atoms. The third-order valence-corrected chi connectivity index (χ3v) is 3.14. The highest BCUT2D eigenvalue weighted by atomic mass is 16.5. The minimum Gasteiger partial charge on any atom is -0.480 e. The zero-order chi connectivity index (χ0) is 12.1. The standard InChI is InChI=1S/C12H18N2O3/c15-12(16)11(14-5-7-17-8-6-14)2-1-10-3-4-13-9-10/h3-4,9,11,13H,1-2,5-8H2,(H,15,16). The maximum atomic E-state index is 11.3. The summed E-state index contributed by atoms with van der Waals surface area (Å²) in [5.74, 6) is -0.734. The van der Waals surface area contributed by atoms with Gasteiger partial charge in [-0.15, -0.1) is 0 Å². The molecule has 1 aliphatic heterocycles. The highest BCUT2D eigenvalue weighted by Crippen LogP contribution is 2.12. The second-order valence-electron chi connectivity index (χ2n) is 4.26. The van der Waals surface area contributed by atoms with E-state index in [4.69, 9.17) is 4.74 Å². The van der Waals surface area contributed by atoms with E-state index in [-0.39, 0.29) is 0 Å². The number of rotatable bonds is 5. The second kappa shape index (κ2) is 5.84. The van der Waals surface area contributed by atoms with Crippen molar-refractivity contribution in [1.29, 1.82) is 0 Å². The van der Waals surface area contributed by atoms with Gasteiger partial charge < -0.3 is 14.8 Å². The molecule has 17 heavy (non-hydrogen) atoms. The maximum absolute atomic E-state index is 11.3. The summed E-state index contributed by atoms with van der Waals surface area (Å²) in [6.07, 6.45) is 5.21. The summed E-state index contributed by atoms with van der Waals surface area (Å²) < 4.78 is 5.24. The van der Waals surface area contributed by atoms with Gasteiger partial charge in [0, 0.05) is 25.5 Å². The molecule has 0 spiro atoms. The molecule has 5 nitrogen and oxygen atoms in total. The van der Waals surface area contributed by atoms with Gasteiger partial charge in [-0.25, -0.2) is 0 Å². The molecule has 1 aliphatic rings. The van der Waals surface area contributed by atoms with Crippen molar-refractivity contribution in [2.24, 2.45) is 0 Å². The molecular formula is C12H18N2O3. The summed E-state index contributed by atoms with van der Waals surface area (Å²) in [6, 6.07) is 1.59. The zero-order valence-electron chi connectivity index (χ0n) is 9.76. The summed E-state index contributed by atoms with van der Waals surface area (Å²) in [6.45, 7) is 2.69. The lowest BCUT2D eigenvalue weighted by Crippen LogP contribution is -2.47. The van der Waals surface area contributed by atoms with Gasteiger partial charge in [-0.2, -0.15) is 0 Å². The minimum absolute atomic E-state index is 0.395. The van der Waals surface area contributed by atoms with Crippen LogP contribution in [0.5, 0.6) is 0 Å². The summed E-state index contributed by atoms with van der Waals surface area (Å²) in [4.78, 5) is 16.2. The van der Waals surface area contributed by atoms with Crippen LogP contribution in [0.3, 0.4) is 0 Å². The van der Waals surface area contributed by atoms with Gasteiger partial charge in [-0.1, -0.05) is 0 Å². The van der Waals surface area contributed by atoms with Gasteiger partial charge in [0.15, 0.2) is 0 Å². The van der Waals surface area contributed by atoms with Crippen LogP contribution in [0.25, 0.3) is 0 Å². The molecule has 2 heterocycles. The second-order valence-corrected chi connectivity index (χ2v) is 4.26. The Balaban J connectivity index is 1.90. The number of aliphatic carboxylic acids is 1. The van der Waals surface area contributed by atoms with Gasteiger partial charge in [-0.05, 0) is 24.5 Å². The Kier molecular flexibility index (Phi) is 4.17. The van der Waals surface area contributed by atoms with E-state index in [0.29, 0.717) is 32.7 Å². The molecule has 0 saturated carbocycles. The fraction of sp³-hybridized carbons (Fsp3) is 0.583. The number of morpholine rings is 1. The third kappa shape index (κ3) is 3.31. The number of aromatic nitrogens is 1. The summed E-state index contributed by atoms with van der Waals surface area (Å²) in [5, 5.41) is 9.26. The third-order valence-electron chi connectivity index (χ3n) is 3.14. The van der Waals surface area contributed by atoms with Gasteiger partial charge in [0.25, 0.3) is 0 Å². The number of ether oxygens (including phenoxy) is 1. The fourth-order valence-corrected chi connectivity index (χ4v) is 2.17. The first kappa shape index (κ1) is 12.1. The number of carbonyl (C=O) groups is 1. The summed E-state index contributed by atoms with van der Waals surface area (Å²) in [7, 11) is 0. The Morgan fingerprint density at radius 1 is 1.53 bits per heavy atom. The Morgan fingerprint density at radius 3 is 2.88 bits per heavy atom. The predicted octanol–water partition coefficient (Wildman–Crippen LogP) is 0.733. The largest absolute Gasteiger partial charge is 0.480 e. The van der Waals surface area contributed by atoms with Crippen LogP contribution in [0, 0.1) is 0 Å². The van der Waals surface area contributed by atoms with Crippen LogP contribution in [-0.2, 0) is 16.0 Å². The zero-order valence-corrected chi connectivity index (χ0v) is 9.76. The first-order valence-corrected chi connectivity index (χ1v) is 5.93. The number of nitrogens with one attached hydrogen (secondary N) is 1. The average Bonchev–Trinajstić information content (AvgIpc) is 2.83. The number of H-pyrrole nitrogens is 1. The number of aromatic amines is 1. The van der Waals surface area contributed by atoms with E-state index in [1.54, 1.807) is 0 Å². The van der Waals surface area contributed by atoms with Gasteiger partial charge in [0.2, 0.25) is 0 Å². The van der Waals surface area contributed by atoms with Gasteiger partial charge in [0.05, 0.1) is 13.2 Å². The molecule has 0 aliphatic carbocycles. The predicted molar refractivity (Wildman–Crippen MR) is 62.9 cm³/mol. The van der Waals surface area contributed by atoms with E-state index in [0.717, 1.165) is 12.0 Å². The van der Waals surface area contributed by atoms with Crippen LogP contribution in [0.4, 0.5) is 0 Å². The molecule has 94 valence electrons. The fourth-order valence-electron chi connectivity index (χ4n) is 2.17. The van der Waals surface area contributed by atoms with E-state index >= 15 is 0 Å². The molecule has 0 amide bonds. The number of aryl methyl sites for hydroxylation is 1. The van der Waals surface area contributed by atoms with Crippen molar-refractivity contribution in [3.05, 3.63) is 24.0 Å². The minimum atomic E-state index is -0.734. The quantitative estimate of drug-likeness (QED) is 0.793. The number of hydrogen-bond acceptors (Lipinski definition) is 3. The van der Waals surface area contributed by atoms with E-state index in [2.05, 4.69) is 4.98 Å². The van der Waals surface area contributed by atoms with Crippen LogP contribution < -0.4 is 0 Å². The molecule has 1 saturated heterocycles. The molecule has 1 aromatic heterocycles. The van der Waals surface area contributed by atoms with Crippen LogP contribution in [0.1, 0.15) is 12.0 Å². The van der Waals surface area contributed by atoms with Crippen molar-refractivity contribution >= 4 is 5.97 Å². The number of carboxylic acids is 1. The Labute approximate surface area is 100 Å². The molecule has 1 fully saturated rings. The SMILES string of the molecule is O=C(O)C(CCc1cc[nH]c1)N1CCOCC1. The normalized spacial score (nSPS) is 19.1. The molecule has 1 unspecified atom stereocenters. The Bertz CT molecular complexity index is 345. The van der Waals surface area contributed by atoms with Crippen molar-refractivity contribution in [2.75, 3.05) is 26.3 Å². The van der Waals surface area contributed by atoms with Crippen molar-refractivity contribution in [3.63, 3.8) is 0 Å². The monoisotopic (exact) mass is 238 g/mol. The van der Waals surface area contributed by atoms with Gasteiger partial charge >= 0.3 is 5.97 Å². The molecule has 5 heteroatoms. The molecule has 1 aromatic rings. The maximum Gasteiger partial charge on any atom is 0.320 e. The topological polar surface area (TPSA) is 65.6 Å². The lowest BCUT2D eigenvalue weighted by molar-refractivity contribution is -0.145. The van der Waals surface area contributed by atoms with E-state index in [1.807, 2.05) is 23.4 Å². The molecular weight excluding hydrogens is 220 g/mol.